The van der Waals surface area contributed by atoms with Crippen molar-refractivity contribution in [3.8, 4) is 0 Å². The minimum Gasteiger partial charge on any atom is -0.458 e. The molecule has 1 aromatic carbocycles. The van der Waals surface area contributed by atoms with Crippen molar-refractivity contribution >= 4 is 12.2 Å². The van der Waals surface area contributed by atoms with Crippen LogP contribution < -0.4 is 0 Å². The van der Waals surface area contributed by atoms with Crippen LogP contribution in [0.2, 0.25) is 0 Å². The quantitative estimate of drug-likeness (QED) is 0.454. The van der Waals surface area contributed by atoms with Gasteiger partial charge in [0.1, 0.15) is 12.7 Å². The molecule has 0 radical (unpaired) electrons. The number of carbonyl (C=O) groups excluding carboxylic acids is 1. The Bertz CT molecular complexity index is 486. The fourth-order valence-corrected chi connectivity index (χ4v) is 2.95. The Labute approximate surface area is 132 Å². The molecule has 0 spiro atoms. The molecule has 120 valence electrons. The lowest BCUT2D eigenvalue weighted by molar-refractivity contribution is -0.145. The Morgan fingerprint density at radius 1 is 1.32 bits per heavy atom. The zero-order valence-corrected chi connectivity index (χ0v) is 13.4. The minimum atomic E-state index is -0.411. The van der Waals surface area contributed by atoms with Crippen molar-refractivity contribution in [2.24, 2.45) is 17.0 Å². The molecule has 2 rings (SSSR count). The molecule has 0 saturated heterocycles. The molecule has 1 saturated carbocycles. The van der Waals surface area contributed by atoms with Crippen molar-refractivity contribution in [2.75, 3.05) is 0 Å². The zero-order valence-electron chi connectivity index (χ0n) is 13.4. The third kappa shape index (κ3) is 5.17. The number of benzene rings is 1. The highest BCUT2D eigenvalue weighted by Crippen LogP contribution is 2.32. The molecule has 0 heterocycles. The molecule has 0 aromatic heterocycles. The summed E-state index contributed by atoms with van der Waals surface area (Å²) in [6.45, 7) is 4.71. The summed E-state index contributed by atoms with van der Waals surface area (Å²) in [6, 6.07) is 9.71. The van der Waals surface area contributed by atoms with E-state index >= 15 is 0 Å². The number of nitrogens with zero attached hydrogens (tertiary/aromatic N) is 1. The highest BCUT2D eigenvalue weighted by molar-refractivity contribution is 6.23. The largest absolute Gasteiger partial charge is 0.458 e. The normalized spacial score (nSPS) is 25.1. The van der Waals surface area contributed by atoms with Crippen molar-refractivity contribution in [1.29, 1.82) is 0 Å². The number of ether oxygens (including phenoxy) is 1. The monoisotopic (exact) mass is 303 g/mol. The van der Waals surface area contributed by atoms with Crippen LogP contribution in [0.1, 0.15) is 45.1 Å². The van der Waals surface area contributed by atoms with Crippen molar-refractivity contribution in [1.82, 2.24) is 0 Å². The van der Waals surface area contributed by atoms with Crippen LogP contribution in [0.15, 0.2) is 35.5 Å². The van der Waals surface area contributed by atoms with Crippen LogP contribution in [0.25, 0.3) is 0 Å². The molecular weight excluding hydrogens is 278 g/mol. The van der Waals surface area contributed by atoms with Crippen LogP contribution in [0.3, 0.4) is 0 Å². The minimum absolute atomic E-state index is 0.0156. The van der Waals surface area contributed by atoms with Gasteiger partial charge in [-0.2, -0.15) is 0 Å². The Morgan fingerprint density at radius 2 is 2.09 bits per heavy atom. The number of carbonyl (C=O) groups is 1. The summed E-state index contributed by atoms with van der Waals surface area (Å²) < 4.78 is 5.55. The van der Waals surface area contributed by atoms with Crippen LogP contribution in [-0.2, 0) is 21.0 Å². The van der Waals surface area contributed by atoms with Crippen molar-refractivity contribution in [2.45, 2.75) is 52.2 Å². The van der Waals surface area contributed by atoms with E-state index in [1.807, 2.05) is 30.3 Å². The topological polar surface area (TPSA) is 47.9 Å². The predicted octanol–water partition coefficient (Wildman–Crippen LogP) is 3.95. The number of oxime groups is 1. The Kier molecular flexibility index (Phi) is 6.44. The summed E-state index contributed by atoms with van der Waals surface area (Å²) in [6.07, 6.45) is 5.50. The molecule has 1 aliphatic rings. The molecule has 1 aromatic rings. The molecule has 1 aliphatic carbocycles. The second kappa shape index (κ2) is 8.57. The maximum atomic E-state index is 11.8. The summed E-state index contributed by atoms with van der Waals surface area (Å²) in [5.41, 5.74) is 1.01. The Morgan fingerprint density at radius 3 is 2.82 bits per heavy atom. The van der Waals surface area contributed by atoms with Crippen LogP contribution >= 0.6 is 0 Å². The molecule has 4 nitrogen and oxygen atoms in total. The summed E-state index contributed by atoms with van der Waals surface area (Å²) in [7, 11) is 0. The first-order valence-corrected chi connectivity index (χ1v) is 8.09. The molecule has 1 fully saturated rings. The van der Waals surface area contributed by atoms with Gasteiger partial charge in [0, 0.05) is 0 Å². The molecule has 3 atom stereocenters. The fraction of sp³-hybridized carbons (Fsp3) is 0.556. The lowest BCUT2D eigenvalue weighted by Gasteiger charge is -2.33. The summed E-state index contributed by atoms with van der Waals surface area (Å²) in [5.74, 6) is 0.677. The number of rotatable bonds is 6. The van der Waals surface area contributed by atoms with E-state index in [1.54, 1.807) is 0 Å². The molecule has 0 bridgehead atoms. The van der Waals surface area contributed by atoms with Gasteiger partial charge in [-0.25, -0.2) is 4.79 Å². The fourth-order valence-electron chi connectivity index (χ4n) is 2.95. The first kappa shape index (κ1) is 16.5. The van der Waals surface area contributed by atoms with Gasteiger partial charge in [-0.15, -0.1) is 0 Å². The van der Waals surface area contributed by atoms with Crippen molar-refractivity contribution in [3.63, 3.8) is 0 Å². The van der Waals surface area contributed by atoms with Gasteiger partial charge in [-0.3, -0.25) is 0 Å². The summed E-state index contributed by atoms with van der Waals surface area (Å²) >= 11 is 0. The van der Waals surface area contributed by atoms with E-state index in [2.05, 4.69) is 19.0 Å². The number of hydrogen-bond acceptors (Lipinski definition) is 4. The second-order valence-corrected chi connectivity index (χ2v) is 6.06. The Balaban J connectivity index is 1.75. The third-order valence-corrected chi connectivity index (χ3v) is 4.29. The standard InChI is InChI=1S/C18H25NO3/c1-3-16-10-9-14(2)11-17(16)22-18(20)12-19-21-13-15-7-5-4-6-8-15/h4-8,12,14,16-17H,3,9-11,13H2,1-2H3/b19-12+/t14-,16-,17-/m1/s1. The lowest BCUT2D eigenvalue weighted by atomic mass is 9.79. The predicted molar refractivity (Wildman–Crippen MR) is 86.4 cm³/mol. The zero-order chi connectivity index (χ0) is 15.8. The van der Waals surface area contributed by atoms with Gasteiger partial charge in [0.2, 0.25) is 0 Å². The van der Waals surface area contributed by atoms with Gasteiger partial charge < -0.3 is 9.57 Å². The lowest BCUT2D eigenvalue weighted by Crippen LogP contribution is -2.33. The van der Waals surface area contributed by atoms with E-state index in [4.69, 9.17) is 9.57 Å². The summed E-state index contributed by atoms with van der Waals surface area (Å²) in [5, 5.41) is 3.70. The number of esters is 1. The van der Waals surface area contributed by atoms with Gasteiger partial charge in [-0.05, 0) is 36.7 Å². The molecule has 0 unspecified atom stereocenters. The average Bonchev–Trinajstić information content (AvgIpc) is 2.53. The average molecular weight is 303 g/mol. The first-order chi connectivity index (χ1) is 10.7. The highest BCUT2D eigenvalue weighted by atomic mass is 16.6. The van der Waals surface area contributed by atoms with E-state index in [-0.39, 0.29) is 6.10 Å². The Hall–Kier alpha value is -1.84. The molecule has 0 amide bonds. The van der Waals surface area contributed by atoms with Gasteiger partial charge in [-0.1, -0.05) is 55.8 Å². The van der Waals surface area contributed by atoms with Crippen molar-refractivity contribution < 1.29 is 14.4 Å². The maximum Gasteiger partial charge on any atom is 0.353 e. The molecule has 0 aliphatic heterocycles. The van der Waals surface area contributed by atoms with Gasteiger partial charge >= 0.3 is 5.97 Å². The van der Waals surface area contributed by atoms with Crippen LogP contribution in [0, 0.1) is 11.8 Å². The van der Waals surface area contributed by atoms with Crippen LogP contribution in [-0.4, -0.2) is 18.3 Å². The van der Waals surface area contributed by atoms with E-state index in [9.17, 15) is 4.79 Å². The third-order valence-electron chi connectivity index (χ3n) is 4.29. The van der Waals surface area contributed by atoms with Crippen LogP contribution in [0.5, 0.6) is 0 Å². The maximum absolute atomic E-state index is 11.8. The van der Waals surface area contributed by atoms with Crippen LogP contribution in [0.4, 0.5) is 0 Å². The van der Waals surface area contributed by atoms with Crippen molar-refractivity contribution in [3.05, 3.63) is 35.9 Å². The smallest absolute Gasteiger partial charge is 0.353 e. The van der Waals surface area contributed by atoms with E-state index in [0.717, 1.165) is 31.0 Å². The van der Waals surface area contributed by atoms with E-state index in [0.29, 0.717) is 18.4 Å². The first-order valence-electron chi connectivity index (χ1n) is 8.09. The van der Waals surface area contributed by atoms with Gasteiger partial charge in [0.05, 0.1) is 0 Å². The molecular formula is C18H25NO3. The van der Waals surface area contributed by atoms with E-state index in [1.165, 1.54) is 6.42 Å². The number of hydrogen-bond donors (Lipinski definition) is 0. The summed E-state index contributed by atoms with van der Waals surface area (Å²) in [4.78, 5) is 17.0. The van der Waals surface area contributed by atoms with E-state index < -0.39 is 5.97 Å². The second-order valence-electron chi connectivity index (χ2n) is 6.06. The van der Waals surface area contributed by atoms with Gasteiger partial charge in [0.15, 0.2) is 6.21 Å². The molecule has 4 heteroatoms. The molecule has 0 N–H and O–H groups in total. The SMILES string of the molecule is CC[C@@H]1CC[C@@H](C)C[C@H]1OC(=O)/C=N/OCc1ccccc1. The van der Waals surface area contributed by atoms with Gasteiger partial charge in [0.25, 0.3) is 0 Å². The highest BCUT2D eigenvalue weighted by Gasteiger charge is 2.29. The molecule has 22 heavy (non-hydrogen) atoms.